The summed E-state index contributed by atoms with van der Waals surface area (Å²) in [5.74, 6) is -2.15. The Balaban J connectivity index is 1.93. The van der Waals surface area contributed by atoms with Crippen LogP contribution in [0.5, 0.6) is 0 Å². The third-order valence-electron chi connectivity index (χ3n) is 4.82. The summed E-state index contributed by atoms with van der Waals surface area (Å²) in [4.78, 5) is 34.0. The average Bonchev–Trinajstić information content (AvgIpc) is 2.75. The minimum Gasteiger partial charge on any atom is -0.365 e. The molecule has 0 bridgehead atoms. The molecule has 1 N–H and O–H groups in total. The van der Waals surface area contributed by atoms with E-state index in [9.17, 15) is 18.4 Å². The van der Waals surface area contributed by atoms with Gasteiger partial charge in [-0.3, -0.25) is 14.8 Å². The van der Waals surface area contributed by atoms with Crippen LogP contribution in [-0.4, -0.2) is 35.8 Å². The number of aldehydes is 1. The maximum atomic E-state index is 14.0. The Bertz CT molecular complexity index is 1170. The number of hydrogen-bond donors (Lipinski definition) is 1. The third kappa shape index (κ3) is 5.26. The van der Waals surface area contributed by atoms with E-state index in [0.717, 1.165) is 18.5 Å². The van der Waals surface area contributed by atoms with Crippen molar-refractivity contribution in [3.05, 3.63) is 70.8 Å². The molecule has 166 valence electrons. The monoisotopic (exact) mass is 458 g/mol. The highest BCUT2D eigenvalue weighted by molar-refractivity contribution is 6.30. The number of aryl methyl sites for hydroxylation is 1. The quantitative estimate of drug-likeness (QED) is 0.516. The summed E-state index contributed by atoms with van der Waals surface area (Å²) >= 11 is 5.67. The zero-order valence-electron chi connectivity index (χ0n) is 17.7. The van der Waals surface area contributed by atoms with Gasteiger partial charge in [-0.1, -0.05) is 18.5 Å². The van der Waals surface area contributed by atoms with E-state index in [1.807, 2.05) is 0 Å². The second-order valence-corrected chi connectivity index (χ2v) is 7.79. The lowest BCUT2D eigenvalue weighted by Gasteiger charge is -2.23. The second-order valence-electron chi connectivity index (χ2n) is 7.39. The number of rotatable bonds is 7. The van der Waals surface area contributed by atoms with E-state index in [2.05, 4.69) is 15.3 Å². The zero-order chi connectivity index (χ0) is 23.4. The summed E-state index contributed by atoms with van der Waals surface area (Å²) in [6, 6.07) is 7.03. The van der Waals surface area contributed by atoms with Gasteiger partial charge < -0.3 is 15.0 Å². The van der Waals surface area contributed by atoms with Crippen molar-refractivity contribution in [3.63, 3.8) is 0 Å². The van der Waals surface area contributed by atoms with E-state index >= 15 is 0 Å². The van der Waals surface area contributed by atoms with Crippen molar-refractivity contribution in [2.45, 2.75) is 19.8 Å². The Morgan fingerprint density at radius 2 is 1.94 bits per heavy atom. The molecule has 0 aliphatic heterocycles. The first-order valence-electron chi connectivity index (χ1n) is 9.73. The van der Waals surface area contributed by atoms with Gasteiger partial charge in [-0.25, -0.2) is 8.78 Å². The largest absolute Gasteiger partial charge is 0.365 e. The van der Waals surface area contributed by atoms with Crippen LogP contribution < -0.4 is 10.2 Å². The number of carbonyl (C=O) groups excluding carboxylic acids is 2. The van der Waals surface area contributed by atoms with Crippen LogP contribution in [-0.2, 0) is 9.59 Å². The normalized spacial score (nSPS) is 11.7. The van der Waals surface area contributed by atoms with E-state index < -0.39 is 23.5 Å². The molecular formula is C23H21ClF2N4O2. The van der Waals surface area contributed by atoms with E-state index in [1.165, 1.54) is 18.2 Å². The molecular weight excluding hydrogens is 438 g/mol. The lowest BCUT2D eigenvalue weighted by molar-refractivity contribution is -0.115. The van der Waals surface area contributed by atoms with Gasteiger partial charge in [0.25, 0.3) is 0 Å². The molecule has 1 amide bonds. The number of carbonyl (C=O) groups is 2. The van der Waals surface area contributed by atoms with Crippen LogP contribution in [0.4, 0.5) is 20.2 Å². The van der Waals surface area contributed by atoms with Gasteiger partial charge in [-0.2, -0.15) is 0 Å². The van der Waals surface area contributed by atoms with Crippen LogP contribution in [0.3, 0.4) is 0 Å². The van der Waals surface area contributed by atoms with Crippen molar-refractivity contribution < 1.29 is 18.4 Å². The first-order chi connectivity index (χ1) is 15.2. The number of anilines is 2. The molecule has 0 saturated carbocycles. The zero-order valence-corrected chi connectivity index (χ0v) is 18.5. The molecule has 2 heterocycles. The molecule has 0 spiro atoms. The lowest BCUT2D eigenvalue weighted by Crippen LogP contribution is -2.30. The van der Waals surface area contributed by atoms with Crippen molar-refractivity contribution in [2.24, 2.45) is 0 Å². The van der Waals surface area contributed by atoms with Crippen molar-refractivity contribution in [1.82, 2.24) is 9.97 Å². The van der Waals surface area contributed by atoms with Crippen LogP contribution in [0, 0.1) is 18.6 Å². The molecule has 3 aromatic rings. The number of amides is 1. The van der Waals surface area contributed by atoms with Crippen molar-refractivity contribution in [1.29, 1.82) is 0 Å². The highest BCUT2D eigenvalue weighted by Gasteiger charge is 2.20. The Labute approximate surface area is 189 Å². The van der Waals surface area contributed by atoms with Gasteiger partial charge in [0.2, 0.25) is 5.91 Å². The Morgan fingerprint density at radius 1 is 1.19 bits per heavy atom. The molecule has 0 aliphatic rings. The maximum absolute atomic E-state index is 14.0. The standard InChI is InChI=1S/C23H21ClF2N4O2/c1-13(12-31)23-17(7-15(25)9-28-23)18-10-27-14(2)6-21(18)30(3)11-22(32)29-16-4-5-19(24)20(26)8-16/h4-10,12-13H,11H2,1-3H3,(H,29,32)/t13-/m1/s1. The Kier molecular flexibility index (Phi) is 7.15. The van der Waals surface area contributed by atoms with E-state index in [1.54, 1.807) is 38.1 Å². The average molecular weight is 459 g/mol. The Morgan fingerprint density at radius 3 is 2.62 bits per heavy atom. The first kappa shape index (κ1) is 23.3. The minimum atomic E-state index is -0.639. The number of nitrogens with zero attached hydrogens (tertiary/aromatic N) is 3. The van der Waals surface area contributed by atoms with Crippen molar-refractivity contribution >= 4 is 35.2 Å². The minimum absolute atomic E-state index is 0.0407. The fraction of sp³-hybridized carbons (Fsp3) is 0.217. The summed E-state index contributed by atoms with van der Waals surface area (Å²) in [7, 11) is 1.69. The van der Waals surface area contributed by atoms with Gasteiger partial charge in [0.1, 0.15) is 17.9 Å². The number of aromatic nitrogens is 2. The molecule has 0 saturated heterocycles. The van der Waals surface area contributed by atoms with E-state index in [-0.39, 0.29) is 17.3 Å². The van der Waals surface area contributed by atoms with Gasteiger partial charge in [-0.15, -0.1) is 0 Å². The summed E-state index contributed by atoms with van der Waals surface area (Å²) in [5, 5.41) is 2.58. The van der Waals surface area contributed by atoms with Gasteiger partial charge >= 0.3 is 0 Å². The molecule has 0 aliphatic carbocycles. The van der Waals surface area contributed by atoms with Crippen LogP contribution >= 0.6 is 11.6 Å². The first-order valence-corrected chi connectivity index (χ1v) is 10.1. The van der Waals surface area contributed by atoms with E-state index in [4.69, 9.17) is 11.6 Å². The molecule has 0 radical (unpaired) electrons. The predicted molar refractivity (Wildman–Crippen MR) is 120 cm³/mol. The molecule has 0 unspecified atom stereocenters. The summed E-state index contributed by atoms with van der Waals surface area (Å²) in [6.45, 7) is 3.37. The number of halogens is 3. The lowest BCUT2D eigenvalue weighted by atomic mass is 9.96. The maximum Gasteiger partial charge on any atom is 0.243 e. The number of pyridine rings is 2. The molecule has 1 aromatic carbocycles. The number of likely N-dealkylation sites (N-methyl/N-ethyl adjacent to an activating group) is 1. The SMILES string of the molecule is Cc1cc(N(C)CC(=O)Nc2ccc(Cl)c(F)c2)c(-c2cc(F)cnc2[C@H](C)C=O)cn1. The third-order valence-corrected chi connectivity index (χ3v) is 5.13. The summed E-state index contributed by atoms with van der Waals surface area (Å²) in [5.41, 5.74) is 2.90. The van der Waals surface area contributed by atoms with Crippen LogP contribution in [0.1, 0.15) is 24.2 Å². The number of nitrogens with one attached hydrogen (secondary N) is 1. The van der Waals surface area contributed by atoms with Gasteiger partial charge in [0.15, 0.2) is 0 Å². The number of benzene rings is 1. The predicted octanol–water partition coefficient (Wildman–Crippen LogP) is 4.76. The van der Waals surface area contributed by atoms with Gasteiger partial charge in [-0.05, 0) is 37.3 Å². The molecule has 9 heteroatoms. The highest BCUT2D eigenvalue weighted by Crippen LogP contribution is 2.34. The summed E-state index contributed by atoms with van der Waals surface area (Å²) < 4.78 is 27.7. The topological polar surface area (TPSA) is 75.2 Å². The highest BCUT2D eigenvalue weighted by atomic mass is 35.5. The molecule has 3 rings (SSSR count). The van der Waals surface area contributed by atoms with Crippen LogP contribution in [0.25, 0.3) is 11.1 Å². The van der Waals surface area contributed by atoms with Crippen LogP contribution in [0.2, 0.25) is 5.02 Å². The fourth-order valence-corrected chi connectivity index (χ4v) is 3.35. The molecule has 2 aromatic heterocycles. The van der Waals surface area contributed by atoms with Gasteiger partial charge in [0, 0.05) is 41.4 Å². The Hall–Kier alpha value is -3.39. The molecule has 0 fully saturated rings. The van der Waals surface area contributed by atoms with Gasteiger partial charge in [0.05, 0.1) is 29.4 Å². The number of hydrogen-bond acceptors (Lipinski definition) is 5. The van der Waals surface area contributed by atoms with Crippen LogP contribution in [0.15, 0.2) is 42.7 Å². The van der Waals surface area contributed by atoms with Crippen molar-refractivity contribution in [3.8, 4) is 11.1 Å². The van der Waals surface area contributed by atoms with E-state index in [0.29, 0.717) is 28.2 Å². The smallest absolute Gasteiger partial charge is 0.243 e. The second kappa shape index (κ2) is 9.82. The molecule has 6 nitrogen and oxygen atoms in total. The fourth-order valence-electron chi connectivity index (χ4n) is 3.24. The van der Waals surface area contributed by atoms with Crippen molar-refractivity contribution in [2.75, 3.05) is 23.8 Å². The molecule has 1 atom stereocenters. The summed E-state index contributed by atoms with van der Waals surface area (Å²) in [6.07, 6.45) is 3.35. The molecule has 32 heavy (non-hydrogen) atoms.